The molecule has 0 radical (unpaired) electrons. The Morgan fingerprint density at radius 1 is 0.462 bits per heavy atom. The zero-order valence-electron chi connectivity index (χ0n) is 14.1. The minimum Gasteiger partial charge on any atom is -0.398 e. The van der Waals surface area contributed by atoms with Gasteiger partial charge in [-0.2, -0.15) is 0 Å². The highest BCUT2D eigenvalue weighted by Crippen LogP contribution is 2.37. The molecule has 0 unspecified atom stereocenters. The van der Waals surface area contributed by atoms with E-state index in [0.29, 0.717) is 17.1 Å². The van der Waals surface area contributed by atoms with E-state index in [1.54, 1.807) is 0 Å². The van der Waals surface area contributed by atoms with Crippen LogP contribution in [0.4, 0.5) is 22.7 Å². The van der Waals surface area contributed by atoms with Crippen LogP contribution in [-0.4, -0.2) is 0 Å². The number of nitrogens with two attached hydrogens (primary N) is 4. The van der Waals surface area contributed by atoms with E-state index in [2.05, 4.69) is 30.3 Å². The molecule has 0 aliphatic rings. The molecule has 126 valence electrons. The van der Waals surface area contributed by atoms with Gasteiger partial charge in [0.2, 0.25) is 0 Å². The summed E-state index contributed by atoms with van der Waals surface area (Å²) < 4.78 is 0. The maximum atomic E-state index is 6.49. The predicted molar refractivity (Wildman–Crippen MR) is 114 cm³/mol. The zero-order chi connectivity index (χ0) is 18.0. The zero-order valence-corrected chi connectivity index (χ0v) is 14.1. The first-order chi connectivity index (χ1) is 12.5. The van der Waals surface area contributed by atoms with Crippen molar-refractivity contribution in [3.63, 3.8) is 0 Å². The van der Waals surface area contributed by atoms with E-state index in [0.717, 1.165) is 48.8 Å². The van der Waals surface area contributed by atoms with E-state index in [1.807, 2.05) is 30.3 Å². The van der Waals surface area contributed by atoms with Crippen molar-refractivity contribution in [3.05, 3.63) is 60.7 Å². The van der Waals surface area contributed by atoms with Gasteiger partial charge in [0, 0.05) is 22.1 Å². The summed E-state index contributed by atoms with van der Waals surface area (Å²) in [6.07, 6.45) is 0. The van der Waals surface area contributed by atoms with Crippen molar-refractivity contribution in [2.45, 2.75) is 0 Å². The number of benzene rings is 5. The first kappa shape index (κ1) is 14.7. The minimum absolute atomic E-state index is 0.593. The van der Waals surface area contributed by atoms with Gasteiger partial charge in [-0.15, -0.1) is 0 Å². The fraction of sp³-hybridized carbons (Fsp3) is 0. The maximum absolute atomic E-state index is 6.49. The number of rotatable bonds is 0. The Labute approximate surface area is 150 Å². The molecule has 8 N–H and O–H groups in total. The van der Waals surface area contributed by atoms with Crippen LogP contribution < -0.4 is 22.9 Å². The van der Waals surface area contributed by atoms with Gasteiger partial charge in [-0.25, -0.2) is 0 Å². The average molecular weight is 338 g/mol. The fourth-order valence-corrected chi connectivity index (χ4v) is 3.83. The monoisotopic (exact) mass is 338 g/mol. The highest BCUT2D eigenvalue weighted by Gasteiger charge is 2.10. The standard InChI is InChI=1S/C22H18N4/c23-18-3-1-2-11-4-16-7-12-5-14-9-19(24)20(25)10-15(14)6-13(12)8-17(16)22(26)21(11)18/h1-10H,23-26H2. The van der Waals surface area contributed by atoms with Crippen LogP contribution in [0.2, 0.25) is 0 Å². The third-order valence-corrected chi connectivity index (χ3v) is 5.17. The van der Waals surface area contributed by atoms with E-state index in [9.17, 15) is 0 Å². The van der Waals surface area contributed by atoms with Gasteiger partial charge in [-0.1, -0.05) is 12.1 Å². The molecule has 5 aromatic rings. The second-order valence-electron chi connectivity index (χ2n) is 6.84. The third-order valence-electron chi connectivity index (χ3n) is 5.17. The third kappa shape index (κ3) is 1.96. The molecule has 0 atom stereocenters. The van der Waals surface area contributed by atoms with Gasteiger partial charge in [-0.05, 0) is 80.8 Å². The number of fused-ring (bicyclic) bond motifs is 4. The van der Waals surface area contributed by atoms with Crippen LogP contribution in [0.5, 0.6) is 0 Å². The van der Waals surface area contributed by atoms with Crippen LogP contribution in [0.3, 0.4) is 0 Å². The Kier molecular flexibility index (Phi) is 2.78. The summed E-state index contributed by atoms with van der Waals surface area (Å²) in [7, 11) is 0. The lowest BCUT2D eigenvalue weighted by Gasteiger charge is -2.12. The molecule has 5 rings (SSSR count). The van der Waals surface area contributed by atoms with Crippen LogP contribution in [0.25, 0.3) is 43.1 Å². The average Bonchev–Trinajstić information content (AvgIpc) is 2.60. The second-order valence-corrected chi connectivity index (χ2v) is 6.84. The van der Waals surface area contributed by atoms with Gasteiger partial charge >= 0.3 is 0 Å². The normalized spacial score (nSPS) is 11.7. The molecule has 0 saturated carbocycles. The van der Waals surface area contributed by atoms with Crippen LogP contribution in [0.1, 0.15) is 0 Å². The molecule has 0 aliphatic heterocycles. The molecule has 4 nitrogen and oxygen atoms in total. The van der Waals surface area contributed by atoms with Crippen molar-refractivity contribution < 1.29 is 0 Å². The molecule has 26 heavy (non-hydrogen) atoms. The number of anilines is 4. The summed E-state index contributed by atoms with van der Waals surface area (Å²) in [5, 5.41) is 8.43. The minimum atomic E-state index is 0.593. The summed E-state index contributed by atoms with van der Waals surface area (Å²) in [4.78, 5) is 0. The van der Waals surface area contributed by atoms with Gasteiger partial charge in [0.25, 0.3) is 0 Å². The van der Waals surface area contributed by atoms with Gasteiger partial charge in [0.1, 0.15) is 0 Å². The van der Waals surface area contributed by atoms with Crippen molar-refractivity contribution in [2.24, 2.45) is 0 Å². The van der Waals surface area contributed by atoms with E-state index < -0.39 is 0 Å². The van der Waals surface area contributed by atoms with Gasteiger partial charge < -0.3 is 22.9 Å². The molecule has 5 aromatic carbocycles. The number of hydrogen-bond donors (Lipinski definition) is 4. The van der Waals surface area contributed by atoms with Crippen molar-refractivity contribution in [3.8, 4) is 0 Å². The second kappa shape index (κ2) is 4.92. The molecule has 0 bridgehead atoms. The predicted octanol–water partition coefficient (Wildman–Crippen LogP) is 4.63. The molecule has 0 saturated heterocycles. The highest BCUT2D eigenvalue weighted by molar-refractivity contribution is 6.17. The number of nitrogen functional groups attached to an aromatic ring is 4. The van der Waals surface area contributed by atoms with Crippen LogP contribution in [-0.2, 0) is 0 Å². The first-order valence-electron chi connectivity index (χ1n) is 8.44. The summed E-state index contributed by atoms with van der Waals surface area (Å²) >= 11 is 0. The largest absolute Gasteiger partial charge is 0.398 e. The molecule has 0 fully saturated rings. The van der Waals surface area contributed by atoms with Gasteiger partial charge in [-0.3, -0.25) is 0 Å². The fourth-order valence-electron chi connectivity index (χ4n) is 3.83. The smallest absolute Gasteiger partial charge is 0.0554 e. The Balaban J connectivity index is 1.93. The van der Waals surface area contributed by atoms with Crippen molar-refractivity contribution in [2.75, 3.05) is 22.9 Å². The van der Waals surface area contributed by atoms with Gasteiger partial charge in [0.05, 0.1) is 11.4 Å². The van der Waals surface area contributed by atoms with Crippen LogP contribution in [0.15, 0.2) is 60.7 Å². The molecule has 0 amide bonds. The Bertz CT molecular complexity index is 1370. The van der Waals surface area contributed by atoms with Crippen molar-refractivity contribution >= 4 is 65.8 Å². The lowest BCUT2D eigenvalue weighted by Crippen LogP contribution is -1.95. The number of hydrogen-bond acceptors (Lipinski definition) is 4. The summed E-state index contributed by atoms with van der Waals surface area (Å²) in [6, 6.07) is 20.4. The van der Waals surface area contributed by atoms with Gasteiger partial charge in [0.15, 0.2) is 0 Å². The summed E-state index contributed by atoms with van der Waals surface area (Å²) in [6.45, 7) is 0. The molecule has 4 heteroatoms. The van der Waals surface area contributed by atoms with Crippen LogP contribution in [0, 0.1) is 0 Å². The van der Waals surface area contributed by atoms with Crippen molar-refractivity contribution in [1.29, 1.82) is 0 Å². The molecular weight excluding hydrogens is 320 g/mol. The summed E-state index contributed by atoms with van der Waals surface area (Å²) in [5.41, 5.74) is 27.2. The molecule has 0 aliphatic carbocycles. The molecule has 0 aromatic heterocycles. The first-order valence-corrected chi connectivity index (χ1v) is 8.44. The Morgan fingerprint density at radius 2 is 1.00 bits per heavy atom. The Morgan fingerprint density at radius 3 is 1.69 bits per heavy atom. The van der Waals surface area contributed by atoms with Crippen molar-refractivity contribution in [1.82, 2.24) is 0 Å². The SMILES string of the molecule is Nc1cc2cc3cc4cc5cccc(N)c5c(N)c4cc3cc2cc1N. The molecule has 0 spiro atoms. The maximum Gasteiger partial charge on any atom is 0.0554 e. The van der Waals surface area contributed by atoms with E-state index in [4.69, 9.17) is 22.9 Å². The molecule has 0 heterocycles. The Hall–Kier alpha value is -3.66. The van der Waals surface area contributed by atoms with Crippen LogP contribution >= 0.6 is 0 Å². The van der Waals surface area contributed by atoms with E-state index in [-0.39, 0.29) is 0 Å². The lowest BCUT2D eigenvalue weighted by atomic mass is 9.95. The molecular formula is C22H18N4. The van der Waals surface area contributed by atoms with E-state index in [1.165, 1.54) is 0 Å². The quantitative estimate of drug-likeness (QED) is 0.244. The lowest BCUT2D eigenvalue weighted by molar-refractivity contribution is 1.72. The highest BCUT2D eigenvalue weighted by atomic mass is 14.7. The summed E-state index contributed by atoms with van der Waals surface area (Å²) in [5.74, 6) is 0. The topological polar surface area (TPSA) is 104 Å². The van der Waals surface area contributed by atoms with E-state index >= 15 is 0 Å².